The van der Waals surface area contributed by atoms with E-state index in [-0.39, 0.29) is 18.2 Å². The summed E-state index contributed by atoms with van der Waals surface area (Å²) in [6.07, 6.45) is 0.221. The molecule has 0 fully saturated rings. The zero-order valence-corrected chi connectivity index (χ0v) is 18.9. The first-order valence-corrected chi connectivity index (χ1v) is 11.3. The van der Waals surface area contributed by atoms with Gasteiger partial charge >= 0.3 is 0 Å². The van der Waals surface area contributed by atoms with Gasteiger partial charge in [-0.15, -0.1) is 11.3 Å². The molecule has 0 atom stereocenters. The monoisotopic (exact) mass is 463 g/mol. The van der Waals surface area contributed by atoms with Crippen LogP contribution < -0.4 is 10.6 Å². The lowest BCUT2D eigenvalue weighted by molar-refractivity contribution is -0.116. The zero-order valence-electron chi connectivity index (χ0n) is 17.3. The fraction of sp³-hybridized carbons (Fsp3) is 0.130. The van der Waals surface area contributed by atoms with E-state index >= 15 is 0 Å². The second-order valence-corrected chi connectivity index (χ2v) is 8.51. The van der Waals surface area contributed by atoms with Gasteiger partial charge in [0.15, 0.2) is 10.6 Å². The number of nitrogens with one attached hydrogen (secondary N) is 3. The zero-order chi connectivity index (χ0) is 22.5. The number of H-pyrrole nitrogens is 1. The number of carbonyl (C=O) groups excluding carboxylic acids is 2. The average molecular weight is 464 g/mol. The lowest BCUT2D eigenvalue weighted by atomic mass is 10.1. The second kappa shape index (κ2) is 9.71. The molecule has 4 rings (SSSR count). The summed E-state index contributed by atoms with van der Waals surface area (Å²) in [7, 11) is 0. The molecule has 0 aliphatic heterocycles. The molecule has 2 aromatic heterocycles. The average Bonchev–Trinajstić information content (AvgIpc) is 3.43. The lowest BCUT2D eigenvalue weighted by Crippen LogP contribution is -2.15. The predicted molar refractivity (Wildman–Crippen MR) is 130 cm³/mol. The third-order valence-electron chi connectivity index (χ3n) is 4.78. The largest absolute Gasteiger partial charge is 0.326 e. The summed E-state index contributed by atoms with van der Waals surface area (Å²) < 4.78 is 2.28. The summed E-state index contributed by atoms with van der Waals surface area (Å²) in [5, 5.41) is 14.7. The van der Waals surface area contributed by atoms with Gasteiger partial charge in [0.2, 0.25) is 5.91 Å². The number of aromatic nitrogens is 3. The van der Waals surface area contributed by atoms with Gasteiger partial charge < -0.3 is 10.6 Å². The van der Waals surface area contributed by atoms with E-state index in [9.17, 15) is 9.59 Å². The molecular formula is C23H21N5O2S2. The van der Waals surface area contributed by atoms with E-state index in [1.165, 1.54) is 11.3 Å². The molecule has 2 amide bonds. The van der Waals surface area contributed by atoms with Crippen molar-refractivity contribution in [2.45, 2.75) is 19.9 Å². The number of hydrogen-bond acceptors (Lipinski definition) is 5. The van der Waals surface area contributed by atoms with Crippen molar-refractivity contribution >= 4 is 46.7 Å². The summed E-state index contributed by atoms with van der Waals surface area (Å²) in [5.74, 6) is 0.354. The van der Waals surface area contributed by atoms with Crippen molar-refractivity contribution in [1.29, 1.82) is 0 Å². The van der Waals surface area contributed by atoms with Crippen LogP contribution in [0.3, 0.4) is 0 Å². The van der Waals surface area contributed by atoms with Gasteiger partial charge in [-0.3, -0.25) is 19.3 Å². The minimum absolute atomic E-state index is 0.162. The third kappa shape index (κ3) is 5.19. The number of amides is 2. The number of anilines is 2. The number of nitrogens with zero attached hydrogens (tertiary/aromatic N) is 2. The second-order valence-electron chi connectivity index (χ2n) is 7.18. The van der Waals surface area contributed by atoms with Crippen LogP contribution in [0.2, 0.25) is 0 Å². The Morgan fingerprint density at radius 2 is 1.81 bits per heavy atom. The summed E-state index contributed by atoms with van der Waals surface area (Å²) in [6, 6.07) is 18.6. The quantitative estimate of drug-likeness (QED) is 0.326. The number of rotatable bonds is 7. The van der Waals surface area contributed by atoms with Gasteiger partial charge in [0, 0.05) is 29.9 Å². The van der Waals surface area contributed by atoms with Crippen LogP contribution in [0.25, 0.3) is 11.4 Å². The maximum atomic E-state index is 12.6. The van der Waals surface area contributed by atoms with Crippen molar-refractivity contribution < 1.29 is 9.59 Å². The maximum absolute atomic E-state index is 12.6. The summed E-state index contributed by atoms with van der Waals surface area (Å²) in [5.41, 5.74) is 3.30. The molecule has 9 heteroatoms. The molecule has 4 aromatic rings. The number of thiophene rings is 1. The standard InChI is InChI=1S/C23H21N5O2S2/c1-15-7-9-16(10-8-15)21-26-27-23(31)28(21)12-11-20(29)24-17-4-2-5-18(14-17)25-22(30)19-6-3-13-32-19/h2-10,13-14H,11-12H2,1H3,(H,24,29)(H,25,30)(H,27,31). The molecule has 7 nitrogen and oxygen atoms in total. The van der Waals surface area contributed by atoms with E-state index in [1.54, 1.807) is 30.3 Å². The Kier molecular flexibility index (Phi) is 6.58. The van der Waals surface area contributed by atoms with E-state index in [2.05, 4.69) is 20.8 Å². The first-order chi connectivity index (χ1) is 15.5. The van der Waals surface area contributed by atoms with Crippen molar-refractivity contribution in [3.8, 4) is 11.4 Å². The van der Waals surface area contributed by atoms with Crippen LogP contribution >= 0.6 is 23.6 Å². The van der Waals surface area contributed by atoms with Crippen molar-refractivity contribution in [3.63, 3.8) is 0 Å². The van der Waals surface area contributed by atoms with Crippen molar-refractivity contribution in [3.05, 3.63) is 81.3 Å². The first kappa shape index (κ1) is 21.7. The Hall–Kier alpha value is -3.56. The maximum Gasteiger partial charge on any atom is 0.265 e. The van der Waals surface area contributed by atoms with Gasteiger partial charge in [0.1, 0.15) is 0 Å². The fourth-order valence-corrected chi connectivity index (χ4v) is 4.00. The summed E-state index contributed by atoms with van der Waals surface area (Å²) in [4.78, 5) is 25.4. The Balaban J connectivity index is 1.39. The van der Waals surface area contributed by atoms with Gasteiger partial charge in [0.05, 0.1) is 4.88 Å². The molecule has 2 aromatic carbocycles. The molecule has 32 heavy (non-hydrogen) atoms. The van der Waals surface area contributed by atoms with E-state index < -0.39 is 0 Å². The molecule has 162 valence electrons. The SMILES string of the molecule is Cc1ccc(-c2n[nH]c(=S)n2CCC(=O)Nc2cccc(NC(=O)c3cccs3)c2)cc1. The Morgan fingerprint density at radius 3 is 2.53 bits per heavy atom. The molecule has 0 bridgehead atoms. The van der Waals surface area contributed by atoms with Crippen molar-refractivity contribution in [2.24, 2.45) is 0 Å². The fourth-order valence-electron chi connectivity index (χ4n) is 3.16. The third-order valence-corrected chi connectivity index (χ3v) is 5.96. The highest BCUT2D eigenvalue weighted by Crippen LogP contribution is 2.20. The van der Waals surface area contributed by atoms with Gasteiger partial charge in [0.25, 0.3) is 5.91 Å². The normalized spacial score (nSPS) is 10.7. The topological polar surface area (TPSA) is 91.8 Å². The van der Waals surface area contributed by atoms with Crippen LogP contribution in [0.4, 0.5) is 11.4 Å². The molecule has 0 spiro atoms. The van der Waals surface area contributed by atoms with Crippen LogP contribution in [0, 0.1) is 11.7 Å². The molecular weight excluding hydrogens is 442 g/mol. The van der Waals surface area contributed by atoms with E-state index in [0.717, 1.165) is 11.1 Å². The summed E-state index contributed by atoms with van der Waals surface area (Å²) >= 11 is 6.72. The van der Waals surface area contributed by atoms with Crippen molar-refractivity contribution in [2.75, 3.05) is 10.6 Å². The molecule has 0 saturated heterocycles. The Labute approximate surface area is 194 Å². The van der Waals surface area contributed by atoms with Crippen LogP contribution in [-0.4, -0.2) is 26.6 Å². The summed E-state index contributed by atoms with van der Waals surface area (Å²) in [6.45, 7) is 2.41. The highest BCUT2D eigenvalue weighted by molar-refractivity contribution is 7.71. The van der Waals surface area contributed by atoms with E-state index in [4.69, 9.17) is 12.2 Å². The van der Waals surface area contributed by atoms with Crippen LogP contribution in [0.5, 0.6) is 0 Å². The molecule has 0 aliphatic rings. The molecule has 0 unspecified atom stereocenters. The van der Waals surface area contributed by atoms with Gasteiger partial charge in [-0.05, 0) is 48.8 Å². The van der Waals surface area contributed by atoms with Gasteiger partial charge in [-0.2, -0.15) is 5.10 Å². The van der Waals surface area contributed by atoms with Crippen LogP contribution in [-0.2, 0) is 11.3 Å². The minimum Gasteiger partial charge on any atom is -0.326 e. The number of benzene rings is 2. The molecule has 0 aliphatic carbocycles. The van der Waals surface area contributed by atoms with Gasteiger partial charge in [-0.1, -0.05) is 42.0 Å². The Bertz CT molecular complexity index is 1290. The highest BCUT2D eigenvalue weighted by Gasteiger charge is 2.12. The van der Waals surface area contributed by atoms with Crippen molar-refractivity contribution in [1.82, 2.24) is 14.8 Å². The van der Waals surface area contributed by atoms with Crippen LogP contribution in [0.15, 0.2) is 66.0 Å². The lowest BCUT2D eigenvalue weighted by Gasteiger charge is -2.10. The number of aromatic amines is 1. The Morgan fingerprint density at radius 1 is 1.06 bits per heavy atom. The highest BCUT2D eigenvalue weighted by atomic mass is 32.1. The minimum atomic E-state index is -0.179. The molecule has 3 N–H and O–H groups in total. The molecule has 0 radical (unpaired) electrons. The predicted octanol–water partition coefficient (Wildman–Crippen LogP) is 5.26. The smallest absolute Gasteiger partial charge is 0.265 e. The number of hydrogen-bond donors (Lipinski definition) is 3. The molecule has 2 heterocycles. The molecule has 0 saturated carbocycles. The van der Waals surface area contributed by atoms with E-state index in [1.807, 2.05) is 47.2 Å². The van der Waals surface area contributed by atoms with E-state index in [0.29, 0.717) is 33.4 Å². The first-order valence-electron chi connectivity index (χ1n) is 9.96. The number of carbonyl (C=O) groups is 2. The number of aryl methyl sites for hydroxylation is 1. The van der Waals surface area contributed by atoms with Crippen LogP contribution in [0.1, 0.15) is 21.7 Å². The van der Waals surface area contributed by atoms with Gasteiger partial charge in [-0.25, -0.2) is 0 Å².